The Labute approximate surface area is 80.1 Å². The Morgan fingerprint density at radius 2 is 1.07 bits per heavy atom. The predicted octanol–water partition coefficient (Wildman–Crippen LogP) is -0.0540. The molecule has 78 valence electrons. The maximum absolute atomic E-state index is 10.6. The molecular weight excluding hydrogens is 192 g/mol. The van der Waals surface area contributed by atoms with Crippen LogP contribution < -0.4 is 0 Å². The van der Waals surface area contributed by atoms with Crippen molar-refractivity contribution >= 4 is 23.5 Å². The second-order valence-corrected chi connectivity index (χ2v) is 2.67. The van der Waals surface area contributed by atoms with Crippen molar-refractivity contribution in [2.75, 3.05) is 0 Å². The first-order valence-electron chi connectivity index (χ1n) is 3.81. The summed E-state index contributed by atoms with van der Waals surface area (Å²) in [5, 5.41) is 0. The van der Waals surface area contributed by atoms with E-state index in [1.165, 1.54) is 13.8 Å². The van der Waals surface area contributed by atoms with Gasteiger partial charge in [-0.05, 0) is 13.8 Å². The molecule has 0 heterocycles. The molecule has 0 aromatic carbocycles. The van der Waals surface area contributed by atoms with Gasteiger partial charge in [0.1, 0.15) is 24.4 Å². The fourth-order valence-electron chi connectivity index (χ4n) is 0.558. The van der Waals surface area contributed by atoms with Crippen LogP contribution >= 0.6 is 0 Å². The summed E-state index contributed by atoms with van der Waals surface area (Å²) in [6, 6.07) is 0. The number of rotatable bonds is 4. The number of hydrogen-bond donors (Lipinski definition) is 0. The van der Waals surface area contributed by atoms with Crippen LogP contribution in [0.4, 0.5) is 0 Å². The lowest BCUT2D eigenvalue weighted by molar-refractivity contribution is -0.258. The van der Waals surface area contributed by atoms with Gasteiger partial charge in [-0.3, -0.25) is 9.59 Å². The minimum Gasteiger partial charge on any atom is -0.299 e. The molecule has 0 N–H and O–H groups in total. The Morgan fingerprint density at radius 1 is 0.786 bits per heavy atom. The van der Waals surface area contributed by atoms with Crippen molar-refractivity contribution in [1.29, 1.82) is 0 Å². The minimum atomic E-state index is -0.964. The van der Waals surface area contributed by atoms with Crippen LogP contribution in [0, 0.1) is 0 Å². The van der Waals surface area contributed by atoms with Crippen LogP contribution in [-0.2, 0) is 29.0 Å². The molecule has 0 atom stereocenters. The van der Waals surface area contributed by atoms with E-state index >= 15 is 0 Å². The van der Waals surface area contributed by atoms with Gasteiger partial charge in [0.25, 0.3) is 0 Å². The van der Waals surface area contributed by atoms with Crippen molar-refractivity contribution in [2.24, 2.45) is 0 Å². The van der Waals surface area contributed by atoms with Crippen LogP contribution in [0.25, 0.3) is 0 Å². The molecule has 0 aromatic rings. The van der Waals surface area contributed by atoms with Crippen molar-refractivity contribution in [2.45, 2.75) is 26.7 Å². The first kappa shape index (κ1) is 12.3. The molecule has 0 spiro atoms. The summed E-state index contributed by atoms with van der Waals surface area (Å²) < 4.78 is 0. The van der Waals surface area contributed by atoms with Crippen molar-refractivity contribution in [3.63, 3.8) is 0 Å². The summed E-state index contributed by atoms with van der Waals surface area (Å²) in [7, 11) is 0. The van der Waals surface area contributed by atoms with E-state index in [9.17, 15) is 19.2 Å². The van der Waals surface area contributed by atoms with Crippen LogP contribution in [0.15, 0.2) is 0 Å². The zero-order valence-electron chi connectivity index (χ0n) is 7.86. The van der Waals surface area contributed by atoms with E-state index in [2.05, 4.69) is 9.78 Å². The van der Waals surface area contributed by atoms with E-state index in [1.807, 2.05) is 0 Å². The average molecular weight is 202 g/mol. The van der Waals surface area contributed by atoms with E-state index < -0.39 is 36.3 Å². The molecule has 0 unspecified atom stereocenters. The third-order valence-corrected chi connectivity index (χ3v) is 1.01. The molecule has 14 heavy (non-hydrogen) atoms. The molecule has 0 aliphatic heterocycles. The zero-order valence-corrected chi connectivity index (χ0v) is 7.86. The molecular formula is C8H10O6. The Balaban J connectivity index is 3.72. The first-order chi connectivity index (χ1) is 6.41. The summed E-state index contributed by atoms with van der Waals surface area (Å²) in [5.41, 5.74) is 0. The quantitative estimate of drug-likeness (QED) is 0.360. The lowest BCUT2D eigenvalue weighted by Crippen LogP contribution is -2.15. The van der Waals surface area contributed by atoms with Crippen LogP contribution in [0.1, 0.15) is 26.7 Å². The zero-order chi connectivity index (χ0) is 11.1. The molecule has 0 amide bonds. The molecule has 0 rings (SSSR count). The summed E-state index contributed by atoms with van der Waals surface area (Å²) in [6.07, 6.45) is -0.930. The predicted molar refractivity (Wildman–Crippen MR) is 42.8 cm³/mol. The first-order valence-corrected chi connectivity index (χ1v) is 3.81. The molecule has 6 nitrogen and oxygen atoms in total. The Bertz CT molecular complexity index is 239. The second-order valence-electron chi connectivity index (χ2n) is 2.67. The van der Waals surface area contributed by atoms with Crippen molar-refractivity contribution in [3.05, 3.63) is 0 Å². The highest BCUT2D eigenvalue weighted by Crippen LogP contribution is 1.93. The average Bonchev–Trinajstić information content (AvgIpc) is 1.98. The van der Waals surface area contributed by atoms with E-state index in [-0.39, 0.29) is 0 Å². The number of carbonyl (C=O) groups excluding carboxylic acids is 4. The molecule has 0 fully saturated rings. The lowest BCUT2D eigenvalue weighted by atomic mass is 10.3. The Hall–Kier alpha value is -1.72. The highest BCUT2D eigenvalue weighted by atomic mass is 17.2. The van der Waals surface area contributed by atoms with Crippen molar-refractivity contribution < 1.29 is 29.0 Å². The molecule has 0 radical (unpaired) electrons. The molecule has 6 heteroatoms. The van der Waals surface area contributed by atoms with Gasteiger partial charge in [0.2, 0.25) is 0 Å². The standard InChI is InChI=1S/C8H10O6/c1-5(9)3-7(11)13-14-8(12)4-6(2)10/h3-4H2,1-2H3. The van der Waals surface area contributed by atoms with Gasteiger partial charge in [-0.1, -0.05) is 0 Å². The fraction of sp³-hybridized carbons (Fsp3) is 0.500. The van der Waals surface area contributed by atoms with Gasteiger partial charge in [0.05, 0.1) is 0 Å². The van der Waals surface area contributed by atoms with Crippen LogP contribution in [0.2, 0.25) is 0 Å². The largest absolute Gasteiger partial charge is 0.362 e. The van der Waals surface area contributed by atoms with Crippen molar-refractivity contribution in [3.8, 4) is 0 Å². The second kappa shape index (κ2) is 5.85. The molecule has 0 aliphatic carbocycles. The van der Waals surface area contributed by atoms with E-state index in [4.69, 9.17) is 0 Å². The summed E-state index contributed by atoms with van der Waals surface area (Å²) in [4.78, 5) is 49.9. The van der Waals surface area contributed by atoms with Crippen LogP contribution in [0.3, 0.4) is 0 Å². The van der Waals surface area contributed by atoms with Gasteiger partial charge in [0.15, 0.2) is 0 Å². The van der Waals surface area contributed by atoms with Gasteiger partial charge in [-0.25, -0.2) is 19.4 Å². The Morgan fingerprint density at radius 3 is 1.29 bits per heavy atom. The lowest BCUT2D eigenvalue weighted by Gasteiger charge is -1.99. The van der Waals surface area contributed by atoms with Gasteiger partial charge in [-0.2, -0.15) is 0 Å². The third kappa shape index (κ3) is 6.96. The van der Waals surface area contributed by atoms with E-state index in [0.29, 0.717) is 0 Å². The van der Waals surface area contributed by atoms with Gasteiger partial charge in [-0.15, -0.1) is 0 Å². The number of Topliss-reactive ketones (excluding diaryl/α,β-unsaturated/α-hetero) is 2. The molecule has 0 saturated heterocycles. The van der Waals surface area contributed by atoms with Crippen LogP contribution in [0.5, 0.6) is 0 Å². The molecule has 0 aliphatic rings. The highest BCUT2D eigenvalue weighted by Gasteiger charge is 2.12. The number of carbonyl (C=O) groups is 4. The van der Waals surface area contributed by atoms with Gasteiger partial charge >= 0.3 is 11.9 Å². The normalized spacial score (nSPS) is 9.00. The molecule has 0 aromatic heterocycles. The summed E-state index contributed by atoms with van der Waals surface area (Å²) >= 11 is 0. The van der Waals surface area contributed by atoms with E-state index in [0.717, 1.165) is 0 Å². The van der Waals surface area contributed by atoms with Gasteiger partial charge in [0, 0.05) is 0 Å². The van der Waals surface area contributed by atoms with Crippen LogP contribution in [-0.4, -0.2) is 23.5 Å². The van der Waals surface area contributed by atoms with Gasteiger partial charge < -0.3 is 0 Å². The molecule has 0 bridgehead atoms. The van der Waals surface area contributed by atoms with E-state index in [1.54, 1.807) is 0 Å². The number of ketones is 2. The fourth-order valence-corrected chi connectivity index (χ4v) is 0.558. The molecule has 0 saturated carbocycles. The maximum Gasteiger partial charge on any atom is 0.362 e. The summed E-state index contributed by atoms with van der Waals surface area (Å²) in [5.74, 6) is -2.74. The highest BCUT2D eigenvalue weighted by molar-refractivity contribution is 5.95. The third-order valence-electron chi connectivity index (χ3n) is 1.01. The minimum absolute atomic E-state index is 0.405. The topological polar surface area (TPSA) is 86.7 Å². The smallest absolute Gasteiger partial charge is 0.299 e. The monoisotopic (exact) mass is 202 g/mol. The maximum atomic E-state index is 10.6. The SMILES string of the molecule is CC(=O)CC(=O)OOC(=O)CC(C)=O. The Kier molecular flexibility index (Phi) is 5.13. The number of hydrogen-bond acceptors (Lipinski definition) is 6. The van der Waals surface area contributed by atoms with Crippen molar-refractivity contribution in [1.82, 2.24) is 0 Å². The summed E-state index contributed by atoms with van der Waals surface area (Å²) in [6.45, 7) is 2.39.